The zero-order valence-corrected chi connectivity index (χ0v) is 9.98. The molecule has 0 saturated carbocycles. The molecule has 1 aromatic rings. The van der Waals surface area contributed by atoms with Crippen LogP contribution >= 0.6 is 0 Å². The van der Waals surface area contributed by atoms with Crippen LogP contribution in [0, 0.1) is 5.92 Å². The number of nitrogens with two attached hydrogens (primary N) is 1. The van der Waals surface area contributed by atoms with E-state index in [0.29, 0.717) is 24.5 Å². The van der Waals surface area contributed by atoms with Crippen LogP contribution in [0.1, 0.15) is 30.3 Å². The lowest BCUT2D eigenvalue weighted by Gasteiger charge is -2.36. The second kappa shape index (κ2) is 4.76. The number of hydrogen-bond donors (Lipinski definition) is 3. The predicted molar refractivity (Wildman–Crippen MR) is 64.6 cm³/mol. The molecule has 3 atom stereocenters. The highest BCUT2D eigenvalue weighted by Crippen LogP contribution is 2.32. The molecule has 1 saturated heterocycles. The first-order valence-electron chi connectivity index (χ1n) is 6.44. The summed E-state index contributed by atoms with van der Waals surface area (Å²) in [4.78, 5) is 7.71. The Labute approximate surface area is 101 Å². The van der Waals surface area contributed by atoms with Gasteiger partial charge in [-0.15, -0.1) is 0 Å². The zero-order chi connectivity index (χ0) is 11.7. The van der Waals surface area contributed by atoms with Gasteiger partial charge >= 0.3 is 0 Å². The second-order valence-electron chi connectivity index (χ2n) is 5.02. The number of ether oxygens (including phenoxy) is 1. The number of H-pyrrole nitrogens is 1. The Bertz CT molecular complexity index is 372. The SMILES string of the molecule is NCC1Cc2[nH]cnc2C(C2CCCOC2)N1. The number of rotatable bonds is 2. The van der Waals surface area contributed by atoms with Crippen molar-refractivity contribution in [2.45, 2.75) is 31.3 Å². The molecule has 3 rings (SSSR count). The minimum Gasteiger partial charge on any atom is -0.381 e. The van der Waals surface area contributed by atoms with Gasteiger partial charge in [-0.05, 0) is 12.8 Å². The normalized spacial score (nSPS) is 33.4. The molecule has 94 valence electrons. The molecule has 0 spiro atoms. The van der Waals surface area contributed by atoms with Crippen molar-refractivity contribution in [3.63, 3.8) is 0 Å². The molecular formula is C12H20N4O. The number of aromatic amines is 1. The molecule has 0 bridgehead atoms. The zero-order valence-electron chi connectivity index (χ0n) is 9.98. The molecule has 3 heterocycles. The molecule has 0 radical (unpaired) electrons. The van der Waals surface area contributed by atoms with E-state index in [1.165, 1.54) is 17.8 Å². The lowest BCUT2D eigenvalue weighted by atomic mass is 9.86. The van der Waals surface area contributed by atoms with E-state index in [9.17, 15) is 0 Å². The van der Waals surface area contributed by atoms with Gasteiger partial charge in [-0.2, -0.15) is 0 Å². The summed E-state index contributed by atoms with van der Waals surface area (Å²) in [6.07, 6.45) is 5.11. The second-order valence-corrected chi connectivity index (χ2v) is 5.02. The Morgan fingerprint density at radius 3 is 3.24 bits per heavy atom. The van der Waals surface area contributed by atoms with Crippen LogP contribution in [0.5, 0.6) is 0 Å². The van der Waals surface area contributed by atoms with Crippen LogP contribution in [0.15, 0.2) is 6.33 Å². The van der Waals surface area contributed by atoms with Gasteiger partial charge < -0.3 is 20.8 Å². The van der Waals surface area contributed by atoms with Crippen LogP contribution in [0.3, 0.4) is 0 Å². The van der Waals surface area contributed by atoms with Gasteiger partial charge in [-0.1, -0.05) is 0 Å². The maximum Gasteiger partial charge on any atom is 0.0925 e. The average Bonchev–Trinajstić information content (AvgIpc) is 2.86. The van der Waals surface area contributed by atoms with E-state index in [4.69, 9.17) is 10.5 Å². The average molecular weight is 236 g/mol. The van der Waals surface area contributed by atoms with Crippen molar-refractivity contribution in [1.29, 1.82) is 0 Å². The van der Waals surface area contributed by atoms with Gasteiger partial charge in [-0.25, -0.2) is 4.98 Å². The third-order valence-corrected chi connectivity index (χ3v) is 3.86. The van der Waals surface area contributed by atoms with Gasteiger partial charge in [0.15, 0.2) is 0 Å². The van der Waals surface area contributed by atoms with Crippen molar-refractivity contribution >= 4 is 0 Å². The molecule has 0 amide bonds. The number of nitrogens with one attached hydrogen (secondary N) is 2. The van der Waals surface area contributed by atoms with Crippen LogP contribution < -0.4 is 11.1 Å². The number of nitrogens with zero attached hydrogens (tertiary/aromatic N) is 1. The maximum absolute atomic E-state index is 5.79. The van der Waals surface area contributed by atoms with E-state index in [-0.39, 0.29) is 0 Å². The lowest BCUT2D eigenvalue weighted by molar-refractivity contribution is 0.0349. The fraction of sp³-hybridized carbons (Fsp3) is 0.750. The first-order chi connectivity index (χ1) is 8.38. The number of imidazole rings is 1. The van der Waals surface area contributed by atoms with Gasteiger partial charge in [0.2, 0.25) is 0 Å². The van der Waals surface area contributed by atoms with Crippen LogP contribution in [-0.4, -0.2) is 35.8 Å². The third kappa shape index (κ3) is 2.10. The smallest absolute Gasteiger partial charge is 0.0925 e. The minimum atomic E-state index is 0.304. The Morgan fingerprint density at radius 1 is 1.53 bits per heavy atom. The number of hydrogen-bond acceptors (Lipinski definition) is 4. The van der Waals surface area contributed by atoms with Crippen molar-refractivity contribution < 1.29 is 4.74 Å². The lowest BCUT2D eigenvalue weighted by Crippen LogP contribution is -2.47. The predicted octanol–water partition coefficient (Wildman–Crippen LogP) is 0.350. The summed E-state index contributed by atoms with van der Waals surface area (Å²) >= 11 is 0. The van der Waals surface area contributed by atoms with Gasteiger partial charge in [0, 0.05) is 37.2 Å². The van der Waals surface area contributed by atoms with Crippen molar-refractivity contribution in [1.82, 2.24) is 15.3 Å². The minimum absolute atomic E-state index is 0.304. The molecule has 1 aromatic heterocycles. The molecule has 3 unspecified atom stereocenters. The Balaban J connectivity index is 1.83. The fourth-order valence-corrected chi connectivity index (χ4v) is 2.94. The summed E-state index contributed by atoms with van der Waals surface area (Å²) in [5, 5.41) is 3.63. The quantitative estimate of drug-likeness (QED) is 0.692. The van der Waals surface area contributed by atoms with Gasteiger partial charge in [0.25, 0.3) is 0 Å². The van der Waals surface area contributed by atoms with Crippen molar-refractivity contribution in [2.75, 3.05) is 19.8 Å². The van der Waals surface area contributed by atoms with Gasteiger partial charge in [-0.3, -0.25) is 0 Å². The number of aromatic nitrogens is 2. The first-order valence-corrected chi connectivity index (χ1v) is 6.44. The molecular weight excluding hydrogens is 216 g/mol. The summed E-state index contributed by atoms with van der Waals surface area (Å²) in [6, 6.07) is 0.661. The van der Waals surface area contributed by atoms with Crippen LogP contribution in [0.2, 0.25) is 0 Å². The molecule has 17 heavy (non-hydrogen) atoms. The molecule has 5 heteroatoms. The monoisotopic (exact) mass is 236 g/mol. The van der Waals surface area contributed by atoms with E-state index in [0.717, 1.165) is 26.1 Å². The van der Waals surface area contributed by atoms with Crippen molar-refractivity contribution in [3.05, 3.63) is 17.7 Å². The summed E-state index contributed by atoms with van der Waals surface area (Å²) in [6.45, 7) is 2.40. The summed E-state index contributed by atoms with van der Waals surface area (Å²) < 4.78 is 5.59. The summed E-state index contributed by atoms with van der Waals surface area (Å²) in [7, 11) is 0. The maximum atomic E-state index is 5.79. The summed E-state index contributed by atoms with van der Waals surface area (Å²) in [5.41, 5.74) is 8.21. The highest BCUT2D eigenvalue weighted by Gasteiger charge is 2.34. The van der Waals surface area contributed by atoms with E-state index < -0.39 is 0 Å². The molecule has 0 aliphatic carbocycles. The van der Waals surface area contributed by atoms with E-state index in [1.807, 2.05) is 0 Å². The third-order valence-electron chi connectivity index (χ3n) is 3.86. The van der Waals surface area contributed by atoms with Gasteiger partial charge in [0.1, 0.15) is 0 Å². The molecule has 5 nitrogen and oxygen atoms in total. The fourth-order valence-electron chi connectivity index (χ4n) is 2.94. The van der Waals surface area contributed by atoms with E-state index in [1.54, 1.807) is 6.33 Å². The summed E-state index contributed by atoms with van der Waals surface area (Å²) in [5.74, 6) is 0.528. The topological polar surface area (TPSA) is 76.0 Å². The molecule has 0 aromatic carbocycles. The Kier molecular flexibility index (Phi) is 3.13. The standard InChI is InChI=1S/C12H20N4O/c13-5-9-4-10-12(15-7-14-10)11(16-9)8-2-1-3-17-6-8/h7-9,11,16H,1-6,13H2,(H,14,15). The molecule has 1 fully saturated rings. The van der Waals surface area contributed by atoms with Crippen molar-refractivity contribution in [2.24, 2.45) is 11.7 Å². The molecule has 2 aliphatic rings. The van der Waals surface area contributed by atoms with Gasteiger partial charge in [0.05, 0.1) is 24.7 Å². The van der Waals surface area contributed by atoms with Crippen molar-refractivity contribution in [3.8, 4) is 0 Å². The van der Waals surface area contributed by atoms with E-state index >= 15 is 0 Å². The van der Waals surface area contributed by atoms with Crippen LogP contribution in [0.4, 0.5) is 0 Å². The largest absolute Gasteiger partial charge is 0.381 e. The highest BCUT2D eigenvalue weighted by molar-refractivity contribution is 5.22. The van der Waals surface area contributed by atoms with Crippen LogP contribution in [-0.2, 0) is 11.2 Å². The Hall–Kier alpha value is -0.910. The van der Waals surface area contributed by atoms with E-state index in [2.05, 4.69) is 15.3 Å². The highest BCUT2D eigenvalue weighted by atomic mass is 16.5. The molecule has 2 aliphatic heterocycles. The Morgan fingerprint density at radius 2 is 2.47 bits per heavy atom. The number of fused-ring (bicyclic) bond motifs is 1. The molecule has 4 N–H and O–H groups in total. The first kappa shape index (κ1) is 11.2. The van der Waals surface area contributed by atoms with Crippen LogP contribution in [0.25, 0.3) is 0 Å².